The maximum atomic E-state index is 5.15. The zero-order chi connectivity index (χ0) is 33.3. The van der Waals surface area contributed by atoms with E-state index in [0.717, 1.165) is 75.8 Å². The first-order valence-corrected chi connectivity index (χ1v) is 17.5. The van der Waals surface area contributed by atoms with Crippen molar-refractivity contribution in [3.05, 3.63) is 175 Å². The normalized spacial score (nSPS) is 13.6. The van der Waals surface area contributed by atoms with Gasteiger partial charge in [0.05, 0.1) is 16.9 Å². The summed E-state index contributed by atoms with van der Waals surface area (Å²) in [4.78, 5) is 15.0. The lowest BCUT2D eigenvalue weighted by molar-refractivity contribution is 0.986. The van der Waals surface area contributed by atoms with Gasteiger partial charge in [-0.15, -0.1) is 0 Å². The maximum absolute atomic E-state index is 5.15. The van der Waals surface area contributed by atoms with Gasteiger partial charge in [-0.25, -0.2) is 9.97 Å². The Kier molecular flexibility index (Phi) is 7.79. The van der Waals surface area contributed by atoms with Gasteiger partial charge in [0.2, 0.25) is 0 Å². The number of fused-ring (bicyclic) bond motifs is 2. The number of pyridine rings is 1. The predicted octanol–water partition coefficient (Wildman–Crippen LogP) is 12.1. The van der Waals surface area contributed by atoms with Crippen molar-refractivity contribution in [1.29, 1.82) is 0 Å². The molecule has 0 fully saturated rings. The molecule has 7 aromatic rings. The molecular formula is C47H35N3. The molecule has 0 aliphatic heterocycles. The summed E-state index contributed by atoms with van der Waals surface area (Å²) in [5.41, 5.74) is 15.8. The molecule has 50 heavy (non-hydrogen) atoms. The molecule has 0 amide bonds. The van der Waals surface area contributed by atoms with E-state index >= 15 is 0 Å². The zero-order valence-electron chi connectivity index (χ0n) is 27.8. The van der Waals surface area contributed by atoms with Gasteiger partial charge in [-0.3, -0.25) is 4.98 Å². The molecule has 2 heterocycles. The Morgan fingerprint density at radius 2 is 1.16 bits per heavy atom. The highest BCUT2D eigenvalue weighted by Gasteiger charge is 2.14. The number of allylic oxidation sites excluding steroid dienone is 5. The standard InChI is InChI=1S/C47H35N3/c1-2-9-32(10-3-1)33-17-23-37(24-18-33)45-30-46(38-25-19-34(20-26-38)41-29-40-12-5-7-16-44(40)48-31-41)50-47(49-45)39-27-21-36(22-28-39)43-15-8-13-35-11-4-6-14-42(35)43/h2,5-10,12-31H,1,3-4,11H2. The molecule has 0 unspecified atom stereocenters. The van der Waals surface area contributed by atoms with E-state index in [9.17, 15) is 0 Å². The van der Waals surface area contributed by atoms with Crippen LogP contribution in [-0.4, -0.2) is 15.0 Å². The van der Waals surface area contributed by atoms with Gasteiger partial charge in [0, 0.05) is 33.8 Å². The van der Waals surface area contributed by atoms with Crippen molar-refractivity contribution in [2.24, 2.45) is 0 Å². The second-order valence-electron chi connectivity index (χ2n) is 13.1. The fraction of sp³-hybridized carbons (Fsp3) is 0.0851. The Labute approximate surface area is 293 Å². The van der Waals surface area contributed by atoms with Crippen LogP contribution >= 0.6 is 0 Å². The lowest BCUT2D eigenvalue weighted by Crippen LogP contribution is -1.97. The molecule has 0 radical (unpaired) electrons. The first-order valence-electron chi connectivity index (χ1n) is 17.5. The number of aryl methyl sites for hydroxylation is 1. The van der Waals surface area contributed by atoms with Gasteiger partial charge in [0.1, 0.15) is 0 Å². The van der Waals surface area contributed by atoms with Crippen LogP contribution < -0.4 is 0 Å². The van der Waals surface area contributed by atoms with Gasteiger partial charge in [-0.2, -0.15) is 0 Å². The molecular weight excluding hydrogens is 607 g/mol. The van der Waals surface area contributed by atoms with Gasteiger partial charge in [0.15, 0.2) is 5.82 Å². The van der Waals surface area contributed by atoms with Crippen molar-refractivity contribution in [3.63, 3.8) is 0 Å². The summed E-state index contributed by atoms with van der Waals surface area (Å²) in [7, 11) is 0. The number of rotatable bonds is 6. The summed E-state index contributed by atoms with van der Waals surface area (Å²) >= 11 is 0. The average Bonchev–Trinajstić information content (AvgIpc) is 3.21. The highest BCUT2D eigenvalue weighted by atomic mass is 14.9. The van der Waals surface area contributed by atoms with Gasteiger partial charge in [0.25, 0.3) is 0 Å². The van der Waals surface area contributed by atoms with Crippen LogP contribution in [0.25, 0.3) is 78.7 Å². The number of hydrogen-bond donors (Lipinski definition) is 0. The Bertz CT molecular complexity index is 2450. The van der Waals surface area contributed by atoms with E-state index in [1.54, 1.807) is 0 Å². The van der Waals surface area contributed by atoms with E-state index in [-0.39, 0.29) is 0 Å². The van der Waals surface area contributed by atoms with Gasteiger partial charge < -0.3 is 0 Å². The Balaban J connectivity index is 1.09. The van der Waals surface area contributed by atoms with Crippen LogP contribution in [0.1, 0.15) is 36.0 Å². The molecule has 2 aliphatic carbocycles. The van der Waals surface area contributed by atoms with Crippen LogP contribution in [0.4, 0.5) is 0 Å². The highest BCUT2D eigenvalue weighted by molar-refractivity contribution is 5.84. The monoisotopic (exact) mass is 641 g/mol. The van der Waals surface area contributed by atoms with E-state index in [2.05, 4.69) is 151 Å². The smallest absolute Gasteiger partial charge is 0.160 e. The molecule has 238 valence electrons. The number of hydrogen-bond acceptors (Lipinski definition) is 3. The number of aromatic nitrogens is 3. The molecule has 0 saturated carbocycles. The predicted molar refractivity (Wildman–Crippen MR) is 208 cm³/mol. The third-order valence-corrected chi connectivity index (χ3v) is 9.86. The quantitative estimate of drug-likeness (QED) is 0.181. The first kappa shape index (κ1) is 29.9. The molecule has 0 N–H and O–H groups in total. The van der Waals surface area contributed by atoms with E-state index in [1.165, 1.54) is 33.4 Å². The minimum absolute atomic E-state index is 0.712. The molecule has 5 aromatic carbocycles. The zero-order valence-corrected chi connectivity index (χ0v) is 27.8. The molecule has 3 heteroatoms. The van der Waals surface area contributed by atoms with Crippen LogP contribution in [0.5, 0.6) is 0 Å². The molecule has 0 spiro atoms. The van der Waals surface area contributed by atoms with E-state index in [4.69, 9.17) is 9.97 Å². The summed E-state index contributed by atoms with van der Waals surface area (Å²) in [6, 6.07) is 45.3. The van der Waals surface area contributed by atoms with Crippen molar-refractivity contribution in [2.75, 3.05) is 0 Å². The Morgan fingerprint density at radius 1 is 0.480 bits per heavy atom. The van der Waals surface area contributed by atoms with Gasteiger partial charge in [-0.1, -0.05) is 140 Å². The number of nitrogens with zero attached hydrogens (tertiary/aromatic N) is 3. The van der Waals surface area contributed by atoms with E-state index in [1.807, 2.05) is 18.3 Å². The van der Waals surface area contributed by atoms with Crippen molar-refractivity contribution in [3.8, 4) is 56.2 Å². The summed E-state index contributed by atoms with van der Waals surface area (Å²) in [6.45, 7) is 0. The van der Waals surface area contributed by atoms with Crippen LogP contribution in [0, 0.1) is 0 Å². The number of benzene rings is 5. The third kappa shape index (κ3) is 5.88. The molecule has 2 aromatic heterocycles. The molecule has 0 saturated heterocycles. The minimum Gasteiger partial charge on any atom is -0.256 e. The largest absolute Gasteiger partial charge is 0.256 e. The summed E-state index contributed by atoms with van der Waals surface area (Å²) in [5, 5.41) is 1.13. The molecule has 9 rings (SSSR count). The minimum atomic E-state index is 0.712. The Hall–Kier alpha value is -6.19. The van der Waals surface area contributed by atoms with Crippen LogP contribution in [0.2, 0.25) is 0 Å². The fourth-order valence-electron chi connectivity index (χ4n) is 7.11. The molecule has 0 atom stereocenters. The van der Waals surface area contributed by atoms with Crippen LogP contribution in [0.3, 0.4) is 0 Å². The van der Waals surface area contributed by atoms with E-state index in [0.29, 0.717) is 5.82 Å². The SMILES string of the molecule is C1=CC(c2ccc(-c3cc(-c4ccc(-c5cnc6ccccc6c5)cc4)nc(-c4ccc(-c5cccc6c5C=CCC6)cc4)n3)cc2)=CCC1. The third-order valence-electron chi connectivity index (χ3n) is 9.86. The molecule has 2 aliphatic rings. The topological polar surface area (TPSA) is 38.7 Å². The second kappa shape index (κ2) is 13.0. The average molecular weight is 642 g/mol. The van der Waals surface area contributed by atoms with E-state index < -0.39 is 0 Å². The summed E-state index contributed by atoms with van der Waals surface area (Å²) < 4.78 is 0. The second-order valence-corrected chi connectivity index (χ2v) is 13.1. The maximum Gasteiger partial charge on any atom is 0.160 e. The van der Waals surface area contributed by atoms with Crippen molar-refractivity contribution in [1.82, 2.24) is 15.0 Å². The van der Waals surface area contributed by atoms with Gasteiger partial charge in [-0.05, 0) is 82.8 Å². The first-order chi connectivity index (χ1) is 24.7. The summed E-state index contributed by atoms with van der Waals surface area (Å²) in [6.07, 6.45) is 17.7. The van der Waals surface area contributed by atoms with Crippen molar-refractivity contribution in [2.45, 2.75) is 25.7 Å². The molecule has 3 nitrogen and oxygen atoms in total. The van der Waals surface area contributed by atoms with Crippen molar-refractivity contribution < 1.29 is 0 Å². The summed E-state index contributed by atoms with van der Waals surface area (Å²) in [5.74, 6) is 0.712. The number of para-hydroxylation sites is 1. The van der Waals surface area contributed by atoms with Crippen LogP contribution in [0.15, 0.2) is 158 Å². The van der Waals surface area contributed by atoms with Crippen LogP contribution in [-0.2, 0) is 6.42 Å². The van der Waals surface area contributed by atoms with Crippen molar-refractivity contribution >= 4 is 22.6 Å². The lowest BCUT2D eigenvalue weighted by atomic mass is 9.90. The fourth-order valence-corrected chi connectivity index (χ4v) is 7.11. The van der Waals surface area contributed by atoms with Gasteiger partial charge >= 0.3 is 0 Å². The Morgan fingerprint density at radius 3 is 1.92 bits per heavy atom. The highest BCUT2D eigenvalue weighted by Crippen LogP contribution is 2.34. The lowest BCUT2D eigenvalue weighted by Gasteiger charge is -2.15. The molecule has 0 bridgehead atoms.